The van der Waals surface area contributed by atoms with Crippen LogP contribution in [0.5, 0.6) is 0 Å². The van der Waals surface area contributed by atoms with E-state index in [1.807, 2.05) is 6.92 Å². The van der Waals surface area contributed by atoms with Crippen molar-refractivity contribution in [1.29, 1.82) is 0 Å². The van der Waals surface area contributed by atoms with Crippen molar-refractivity contribution in [3.05, 3.63) is 11.2 Å². The van der Waals surface area contributed by atoms with Crippen molar-refractivity contribution in [2.75, 3.05) is 7.05 Å². The lowest BCUT2D eigenvalue weighted by Gasteiger charge is -2.01. The molecule has 0 aliphatic carbocycles. The fraction of sp³-hybridized carbons (Fsp3) is 0.500. The zero-order valence-corrected chi connectivity index (χ0v) is 8.94. The number of hydrogen-bond donors (Lipinski definition) is 1. The summed E-state index contributed by atoms with van der Waals surface area (Å²) in [6.45, 7) is 5.53. The topological polar surface area (TPSA) is 41.5 Å². The molecule has 0 aliphatic rings. The lowest BCUT2D eigenvalue weighted by atomic mass is 10.2. The molecule has 4 heteroatoms. The summed E-state index contributed by atoms with van der Waals surface area (Å²) in [5.74, 6) is -0.0237. The van der Waals surface area contributed by atoms with Crippen LogP contribution in [0.2, 0.25) is 0 Å². The maximum absolute atomic E-state index is 10.9. The van der Waals surface area contributed by atoms with Gasteiger partial charge < -0.3 is 5.32 Å². The Morgan fingerprint density at radius 3 is 2.58 bits per heavy atom. The van der Waals surface area contributed by atoms with Gasteiger partial charge in [-0.15, -0.1) is 0 Å². The van der Waals surface area contributed by atoms with Crippen LogP contribution in [0.4, 0.5) is 0 Å². The van der Waals surface area contributed by atoms with Crippen LogP contribution in [0.1, 0.15) is 19.8 Å². The Morgan fingerprint density at radius 1 is 1.67 bits per heavy atom. The minimum atomic E-state index is -0.0237. The van der Waals surface area contributed by atoms with Crippen molar-refractivity contribution in [1.82, 2.24) is 5.32 Å². The fourth-order valence-corrected chi connectivity index (χ4v) is 0.940. The maximum atomic E-state index is 10.9. The molecule has 12 heavy (non-hydrogen) atoms. The van der Waals surface area contributed by atoms with Gasteiger partial charge in [-0.3, -0.25) is 9.79 Å². The smallest absolute Gasteiger partial charge is 0.225 e. The van der Waals surface area contributed by atoms with Gasteiger partial charge in [-0.05, 0) is 22.4 Å². The number of aliphatic imine (C=N–C) groups is 1. The molecule has 0 aromatic heterocycles. The second-order valence-electron chi connectivity index (χ2n) is 2.26. The molecule has 1 amide bonds. The first-order chi connectivity index (χ1) is 5.60. The molecule has 0 radical (unpaired) electrons. The molecule has 1 N–H and O–H groups in total. The van der Waals surface area contributed by atoms with E-state index in [4.69, 9.17) is 0 Å². The molecule has 3 nitrogen and oxygen atoms in total. The molecular weight excluding hydrogens is 220 g/mol. The molecule has 0 spiro atoms. The predicted molar refractivity (Wildman–Crippen MR) is 54.5 cm³/mol. The third-order valence-corrected chi connectivity index (χ3v) is 1.51. The summed E-state index contributed by atoms with van der Waals surface area (Å²) in [5.41, 5.74) is 0.830. The number of nitrogens with zero attached hydrogens (tertiary/aromatic N) is 1. The van der Waals surface area contributed by atoms with Gasteiger partial charge in [-0.1, -0.05) is 13.5 Å². The van der Waals surface area contributed by atoms with Crippen LogP contribution in [0.3, 0.4) is 0 Å². The zero-order chi connectivity index (χ0) is 9.56. The third kappa shape index (κ3) is 5.07. The van der Waals surface area contributed by atoms with Crippen LogP contribution in [0.15, 0.2) is 16.2 Å². The third-order valence-electron chi connectivity index (χ3n) is 1.33. The molecule has 0 fully saturated rings. The van der Waals surface area contributed by atoms with Gasteiger partial charge in [0.05, 0.1) is 11.0 Å². The van der Waals surface area contributed by atoms with Crippen molar-refractivity contribution < 1.29 is 4.79 Å². The van der Waals surface area contributed by atoms with E-state index in [2.05, 4.69) is 32.8 Å². The minimum absolute atomic E-state index is 0.0237. The van der Waals surface area contributed by atoms with E-state index < -0.39 is 0 Å². The zero-order valence-electron chi connectivity index (χ0n) is 7.35. The summed E-state index contributed by atoms with van der Waals surface area (Å²) >= 11 is 3.11. The highest BCUT2D eigenvalue weighted by Crippen LogP contribution is 2.05. The molecule has 0 heterocycles. The van der Waals surface area contributed by atoms with E-state index in [0.29, 0.717) is 11.0 Å². The first kappa shape index (κ1) is 11.4. The van der Waals surface area contributed by atoms with Crippen LogP contribution in [-0.4, -0.2) is 18.7 Å². The van der Waals surface area contributed by atoms with E-state index >= 15 is 0 Å². The van der Waals surface area contributed by atoms with Crippen LogP contribution in [-0.2, 0) is 4.79 Å². The van der Waals surface area contributed by atoms with Gasteiger partial charge in [0.15, 0.2) is 0 Å². The van der Waals surface area contributed by atoms with Crippen molar-refractivity contribution in [3.63, 3.8) is 0 Å². The molecule has 0 atom stereocenters. The van der Waals surface area contributed by atoms with E-state index in [0.717, 1.165) is 12.1 Å². The number of hydrogen-bond acceptors (Lipinski definition) is 2. The molecule has 0 saturated carbocycles. The lowest BCUT2D eigenvalue weighted by Crippen LogP contribution is -2.20. The SMILES string of the molecule is C=C(Br)N=C(CC)CC(=O)NC. The maximum Gasteiger partial charge on any atom is 0.225 e. The normalized spacial score (nSPS) is 11.1. The fourth-order valence-electron chi connectivity index (χ4n) is 0.689. The molecule has 0 unspecified atom stereocenters. The number of carbonyl (C=O) groups is 1. The summed E-state index contributed by atoms with van der Waals surface area (Å²) in [5, 5.41) is 2.54. The summed E-state index contributed by atoms with van der Waals surface area (Å²) in [7, 11) is 1.61. The largest absolute Gasteiger partial charge is 0.359 e. The summed E-state index contributed by atoms with van der Waals surface area (Å²) in [6, 6.07) is 0. The van der Waals surface area contributed by atoms with Gasteiger partial charge >= 0.3 is 0 Å². The Bertz CT molecular complexity index is 211. The Kier molecular flexibility index (Phi) is 5.62. The average molecular weight is 233 g/mol. The molecule has 0 aliphatic heterocycles. The average Bonchev–Trinajstić information content (AvgIpc) is 2.02. The van der Waals surface area contributed by atoms with E-state index in [-0.39, 0.29) is 5.91 Å². The second kappa shape index (κ2) is 5.94. The molecule has 0 bridgehead atoms. The van der Waals surface area contributed by atoms with Crippen LogP contribution in [0.25, 0.3) is 0 Å². The van der Waals surface area contributed by atoms with Crippen LogP contribution in [0, 0.1) is 0 Å². The van der Waals surface area contributed by atoms with Gasteiger partial charge in [0, 0.05) is 12.8 Å². The highest BCUT2D eigenvalue weighted by molar-refractivity contribution is 9.11. The van der Waals surface area contributed by atoms with Crippen LogP contribution < -0.4 is 5.32 Å². The van der Waals surface area contributed by atoms with Gasteiger partial charge in [0.2, 0.25) is 5.91 Å². The summed E-state index contributed by atoms with van der Waals surface area (Å²) in [6.07, 6.45) is 1.11. The number of carbonyl (C=O) groups excluding carboxylic acids is 1. The predicted octanol–water partition coefficient (Wildman–Crippen LogP) is 1.84. The number of amides is 1. The van der Waals surface area contributed by atoms with Gasteiger partial charge in [-0.2, -0.15) is 0 Å². The Labute approximate surface area is 81.1 Å². The van der Waals surface area contributed by atoms with E-state index in [1.165, 1.54) is 0 Å². The van der Waals surface area contributed by atoms with E-state index in [9.17, 15) is 4.79 Å². The highest BCUT2D eigenvalue weighted by Gasteiger charge is 2.03. The summed E-state index contributed by atoms with van der Waals surface area (Å²) in [4.78, 5) is 15.0. The standard InChI is InChI=1S/C8H13BrN2O/c1-4-7(11-6(2)9)5-8(12)10-3/h2,4-5H2,1,3H3,(H,10,12). The second-order valence-corrected chi connectivity index (χ2v) is 3.17. The summed E-state index contributed by atoms with van der Waals surface area (Å²) < 4.78 is 0.559. The molecule has 0 rings (SSSR count). The number of halogens is 1. The van der Waals surface area contributed by atoms with E-state index in [1.54, 1.807) is 7.05 Å². The number of nitrogens with one attached hydrogen (secondary N) is 1. The minimum Gasteiger partial charge on any atom is -0.359 e. The van der Waals surface area contributed by atoms with Crippen molar-refractivity contribution in [2.45, 2.75) is 19.8 Å². The van der Waals surface area contributed by atoms with Crippen molar-refractivity contribution in [2.24, 2.45) is 4.99 Å². The highest BCUT2D eigenvalue weighted by atomic mass is 79.9. The molecule has 0 saturated heterocycles. The van der Waals surface area contributed by atoms with Gasteiger partial charge in [-0.25, -0.2) is 0 Å². The lowest BCUT2D eigenvalue weighted by molar-refractivity contribution is -0.119. The quantitative estimate of drug-likeness (QED) is 0.584. The van der Waals surface area contributed by atoms with Gasteiger partial charge in [0.25, 0.3) is 0 Å². The number of rotatable bonds is 4. The molecular formula is C8H13BrN2O. The Morgan fingerprint density at radius 2 is 2.25 bits per heavy atom. The molecule has 68 valence electrons. The monoisotopic (exact) mass is 232 g/mol. The molecule has 0 aromatic carbocycles. The van der Waals surface area contributed by atoms with Crippen molar-refractivity contribution in [3.8, 4) is 0 Å². The molecule has 0 aromatic rings. The Hall–Kier alpha value is -0.640. The Balaban J connectivity index is 4.17. The van der Waals surface area contributed by atoms with Crippen molar-refractivity contribution >= 4 is 27.5 Å². The first-order valence-electron chi connectivity index (χ1n) is 3.71. The van der Waals surface area contributed by atoms with Gasteiger partial charge in [0.1, 0.15) is 0 Å². The first-order valence-corrected chi connectivity index (χ1v) is 4.50. The van der Waals surface area contributed by atoms with Crippen LogP contribution >= 0.6 is 15.9 Å².